The molecule has 28 heavy (non-hydrogen) atoms. The number of carbonyl (C=O) groups excluding carboxylic acids is 1. The number of hydrogen-bond donors (Lipinski definition) is 0. The van der Waals surface area contributed by atoms with Crippen molar-refractivity contribution >= 4 is 11.9 Å². The van der Waals surface area contributed by atoms with Gasteiger partial charge in [0.05, 0.1) is 28.4 Å². The maximum absolute atomic E-state index is 12.9. The van der Waals surface area contributed by atoms with Gasteiger partial charge in [-0.2, -0.15) is 0 Å². The molecule has 2 aromatic rings. The lowest BCUT2D eigenvalue weighted by molar-refractivity contribution is 0.0957. The highest BCUT2D eigenvalue weighted by Gasteiger charge is 2.22. The maximum Gasteiger partial charge on any atom is 0.227 e. The molecular weight excluding hydrogens is 356 g/mol. The molecule has 0 aliphatic rings. The van der Waals surface area contributed by atoms with E-state index in [0.29, 0.717) is 17.1 Å². The molecule has 2 aromatic carbocycles. The normalized spacial score (nSPS) is 11.8. The molecule has 0 aliphatic carbocycles. The van der Waals surface area contributed by atoms with Crippen LogP contribution in [0.25, 0.3) is 6.08 Å². The summed E-state index contributed by atoms with van der Waals surface area (Å²) >= 11 is 0. The number of ketones is 1. The lowest BCUT2D eigenvalue weighted by Crippen LogP contribution is -2.13. The Bertz CT molecular complexity index is 858. The SMILES string of the molecule is COC(=Cc1cc(C(C)(C)C)c(OC)cc1OC)C(=O)c1ccc(OC)cc1. The van der Waals surface area contributed by atoms with Gasteiger partial charge in [-0.25, -0.2) is 0 Å². The van der Waals surface area contributed by atoms with Crippen LogP contribution in [-0.4, -0.2) is 34.2 Å². The third-order valence-corrected chi connectivity index (χ3v) is 4.44. The van der Waals surface area contributed by atoms with Gasteiger partial charge in [-0.3, -0.25) is 4.79 Å². The minimum absolute atomic E-state index is 0.145. The molecule has 0 unspecified atom stereocenters. The van der Waals surface area contributed by atoms with Gasteiger partial charge >= 0.3 is 0 Å². The molecule has 0 saturated heterocycles. The summed E-state index contributed by atoms with van der Waals surface area (Å²) in [4.78, 5) is 12.9. The molecule has 0 atom stereocenters. The zero-order valence-corrected chi connectivity index (χ0v) is 17.6. The summed E-state index contributed by atoms with van der Waals surface area (Å²) < 4.78 is 21.6. The third-order valence-electron chi connectivity index (χ3n) is 4.44. The number of allylic oxidation sites excluding steroid dienone is 1. The Kier molecular flexibility index (Phi) is 6.73. The number of hydrogen-bond acceptors (Lipinski definition) is 5. The smallest absolute Gasteiger partial charge is 0.227 e. The summed E-state index contributed by atoms with van der Waals surface area (Å²) in [5, 5.41) is 0. The zero-order chi connectivity index (χ0) is 20.9. The number of benzene rings is 2. The molecule has 150 valence electrons. The number of carbonyl (C=O) groups is 1. The summed E-state index contributed by atoms with van der Waals surface area (Å²) in [6, 6.07) is 10.7. The van der Waals surface area contributed by atoms with E-state index in [0.717, 1.165) is 16.9 Å². The first-order valence-electron chi connectivity index (χ1n) is 8.96. The van der Waals surface area contributed by atoms with Crippen molar-refractivity contribution in [1.29, 1.82) is 0 Å². The van der Waals surface area contributed by atoms with Crippen LogP contribution in [0.4, 0.5) is 0 Å². The van der Waals surface area contributed by atoms with Crippen LogP contribution in [0.15, 0.2) is 42.2 Å². The first kappa shape index (κ1) is 21.4. The van der Waals surface area contributed by atoms with Gasteiger partial charge in [0.1, 0.15) is 17.2 Å². The van der Waals surface area contributed by atoms with Gasteiger partial charge in [-0.05, 0) is 41.8 Å². The van der Waals surface area contributed by atoms with Crippen molar-refractivity contribution < 1.29 is 23.7 Å². The van der Waals surface area contributed by atoms with E-state index in [-0.39, 0.29) is 17.0 Å². The van der Waals surface area contributed by atoms with Gasteiger partial charge < -0.3 is 18.9 Å². The Morgan fingerprint density at radius 2 is 1.46 bits per heavy atom. The van der Waals surface area contributed by atoms with Crippen molar-refractivity contribution in [1.82, 2.24) is 0 Å². The molecule has 0 saturated carbocycles. The molecule has 0 N–H and O–H groups in total. The Morgan fingerprint density at radius 3 is 1.93 bits per heavy atom. The Morgan fingerprint density at radius 1 is 0.857 bits per heavy atom. The van der Waals surface area contributed by atoms with Crippen molar-refractivity contribution in [3.8, 4) is 17.2 Å². The summed E-state index contributed by atoms with van der Waals surface area (Å²) in [5.41, 5.74) is 2.12. The van der Waals surface area contributed by atoms with Gasteiger partial charge in [0.25, 0.3) is 0 Å². The number of rotatable bonds is 7. The summed E-state index contributed by atoms with van der Waals surface area (Å²) in [5.74, 6) is 2.02. The summed E-state index contributed by atoms with van der Waals surface area (Å²) in [6.45, 7) is 6.31. The molecule has 5 heteroatoms. The fourth-order valence-electron chi connectivity index (χ4n) is 2.87. The van der Waals surface area contributed by atoms with E-state index < -0.39 is 0 Å². The summed E-state index contributed by atoms with van der Waals surface area (Å²) in [7, 11) is 6.28. The number of ether oxygens (including phenoxy) is 4. The predicted molar refractivity (Wildman–Crippen MR) is 111 cm³/mol. The summed E-state index contributed by atoms with van der Waals surface area (Å²) in [6.07, 6.45) is 1.69. The van der Waals surface area contributed by atoms with Crippen LogP contribution in [0.5, 0.6) is 17.2 Å². The lowest BCUT2D eigenvalue weighted by atomic mass is 9.85. The molecule has 0 heterocycles. The second-order valence-corrected chi connectivity index (χ2v) is 7.31. The number of Topliss-reactive ketones (excluding diaryl/α,β-unsaturated/α-hetero) is 1. The van der Waals surface area contributed by atoms with Crippen molar-refractivity contribution in [2.75, 3.05) is 28.4 Å². The largest absolute Gasteiger partial charge is 0.497 e. The molecule has 0 radical (unpaired) electrons. The van der Waals surface area contributed by atoms with Crippen LogP contribution in [0.3, 0.4) is 0 Å². The highest BCUT2D eigenvalue weighted by Crippen LogP contribution is 2.37. The molecule has 0 aliphatic heterocycles. The second-order valence-electron chi connectivity index (χ2n) is 7.31. The van der Waals surface area contributed by atoms with Crippen LogP contribution in [0.1, 0.15) is 42.3 Å². The van der Waals surface area contributed by atoms with Crippen molar-refractivity contribution in [2.45, 2.75) is 26.2 Å². The zero-order valence-electron chi connectivity index (χ0n) is 17.6. The Hall–Kier alpha value is -2.95. The molecule has 2 rings (SSSR count). The number of methoxy groups -OCH3 is 4. The van der Waals surface area contributed by atoms with E-state index in [1.807, 2.05) is 12.1 Å². The molecular formula is C23H28O5. The van der Waals surface area contributed by atoms with Crippen molar-refractivity contribution in [3.63, 3.8) is 0 Å². The minimum Gasteiger partial charge on any atom is -0.497 e. The highest BCUT2D eigenvalue weighted by molar-refractivity contribution is 6.10. The fraction of sp³-hybridized carbons (Fsp3) is 0.348. The Balaban J connectivity index is 2.53. The minimum atomic E-state index is -0.222. The average molecular weight is 384 g/mol. The van der Waals surface area contributed by atoms with Crippen LogP contribution < -0.4 is 14.2 Å². The standard InChI is InChI=1S/C23H28O5/c1-23(2,3)18-12-16(19(26-5)14-20(18)27-6)13-21(28-7)22(24)15-8-10-17(25-4)11-9-15/h8-14H,1-7H3. The van der Waals surface area contributed by atoms with E-state index in [2.05, 4.69) is 20.8 Å². The van der Waals surface area contributed by atoms with Gasteiger partial charge in [0.15, 0.2) is 5.76 Å². The van der Waals surface area contributed by atoms with Gasteiger partial charge in [0.2, 0.25) is 5.78 Å². The second kappa shape index (κ2) is 8.83. The quantitative estimate of drug-likeness (QED) is 0.387. The Labute approximate surface area is 166 Å². The van der Waals surface area contributed by atoms with Gasteiger partial charge in [-0.1, -0.05) is 20.8 Å². The maximum atomic E-state index is 12.9. The molecule has 0 spiro atoms. The first-order chi connectivity index (χ1) is 13.2. The monoisotopic (exact) mass is 384 g/mol. The van der Waals surface area contributed by atoms with Gasteiger partial charge in [-0.15, -0.1) is 0 Å². The third kappa shape index (κ3) is 4.66. The molecule has 0 amide bonds. The predicted octanol–water partition coefficient (Wildman–Crippen LogP) is 4.88. The average Bonchev–Trinajstić information content (AvgIpc) is 2.70. The molecule has 0 bridgehead atoms. The van der Waals surface area contributed by atoms with Crippen LogP contribution in [0, 0.1) is 0 Å². The van der Waals surface area contributed by atoms with E-state index >= 15 is 0 Å². The van der Waals surface area contributed by atoms with Crippen molar-refractivity contribution in [2.24, 2.45) is 0 Å². The van der Waals surface area contributed by atoms with Crippen LogP contribution in [-0.2, 0) is 10.2 Å². The highest BCUT2D eigenvalue weighted by atomic mass is 16.5. The lowest BCUT2D eigenvalue weighted by Gasteiger charge is -2.23. The van der Waals surface area contributed by atoms with Crippen LogP contribution >= 0.6 is 0 Å². The first-order valence-corrected chi connectivity index (χ1v) is 8.96. The van der Waals surface area contributed by atoms with Crippen LogP contribution in [0.2, 0.25) is 0 Å². The van der Waals surface area contributed by atoms with Crippen molar-refractivity contribution in [3.05, 3.63) is 58.8 Å². The van der Waals surface area contributed by atoms with E-state index in [1.165, 1.54) is 7.11 Å². The van der Waals surface area contributed by atoms with Gasteiger partial charge in [0, 0.05) is 22.8 Å². The fourth-order valence-corrected chi connectivity index (χ4v) is 2.87. The molecule has 5 nitrogen and oxygen atoms in total. The molecule has 0 fully saturated rings. The van der Waals surface area contributed by atoms with E-state index in [9.17, 15) is 4.79 Å². The van der Waals surface area contributed by atoms with E-state index in [1.54, 1.807) is 51.7 Å². The van der Waals surface area contributed by atoms with E-state index in [4.69, 9.17) is 18.9 Å². The topological polar surface area (TPSA) is 54.0 Å². The molecule has 0 aromatic heterocycles.